The molecular formula is C25H27N3O5. The summed E-state index contributed by atoms with van der Waals surface area (Å²) < 4.78 is 7.04. The number of aliphatic carboxylic acids is 1. The van der Waals surface area contributed by atoms with Crippen molar-refractivity contribution in [3.63, 3.8) is 0 Å². The number of aromatic nitrogens is 1. The minimum absolute atomic E-state index is 0.270. The number of benzene rings is 2. The van der Waals surface area contributed by atoms with Crippen LogP contribution in [0, 0.1) is 0 Å². The van der Waals surface area contributed by atoms with Gasteiger partial charge in [-0.2, -0.15) is 0 Å². The van der Waals surface area contributed by atoms with E-state index in [1.165, 1.54) is 4.90 Å². The van der Waals surface area contributed by atoms with Crippen molar-refractivity contribution >= 4 is 28.7 Å². The maximum atomic E-state index is 13.4. The first-order valence-electron chi connectivity index (χ1n) is 10.9. The van der Waals surface area contributed by atoms with Gasteiger partial charge in [0.05, 0.1) is 7.11 Å². The highest BCUT2D eigenvalue weighted by Gasteiger charge is 2.38. The molecule has 0 aliphatic carbocycles. The van der Waals surface area contributed by atoms with Gasteiger partial charge in [0.2, 0.25) is 5.91 Å². The van der Waals surface area contributed by atoms with Crippen LogP contribution in [0.25, 0.3) is 10.9 Å². The molecule has 0 spiro atoms. The molecule has 2 atom stereocenters. The molecule has 33 heavy (non-hydrogen) atoms. The third-order valence-electron chi connectivity index (χ3n) is 6.19. The number of aryl methyl sites for hydroxylation is 1. The molecule has 2 heterocycles. The van der Waals surface area contributed by atoms with Crippen LogP contribution in [0.3, 0.4) is 0 Å². The monoisotopic (exact) mass is 449 g/mol. The number of hydrogen-bond acceptors (Lipinski definition) is 4. The van der Waals surface area contributed by atoms with Crippen LogP contribution in [-0.4, -0.2) is 58.1 Å². The molecule has 2 amide bonds. The van der Waals surface area contributed by atoms with Gasteiger partial charge >= 0.3 is 5.97 Å². The fourth-order valence-electron chi connectivity index (χ4n) is 4.44. The summed E-state index contributed by atoms with van der Waals surface area (Å²) in [7, 11) is 3.37. The number of likely N-dealkylation sites (tertiary alicyclic amines) is 1. The lowest BCUT2D eigenvalue weighted by Gasteiger charge is -2.27. The largest absolute Gasteiger partial charge is 0.497 e. The van der Waals surface area contributed by atoms with Crippen molar-refractivity contribution in [1.29, 1.82) is 0 Å². The number of carboxylic acids is 1. The predicted molar refractivity (Wildman–Crippen MR) is 123 cm³/mol. The first-order valence-corrected chi connectivity index (χ1v) is 10.9. The fourth-order valence-corrected chi connectivity index (χ4v) is 4.44. The van der Waals surface area contributed by atoms with Crippen LogP contribution in [-0.2, 0) is 23.1 Å². The van der Waals surface area contributed by atoms with E-state index in [2.05, 4.69) is 5.32 Å². The third kappa shape index (κ3) is 4.55. The molecule has 0 bridgehead atoms. The number of nitrogens with one attached hydrogen (secondary N) is 1. The number of ether oxygens (including phenoxy) is 1. The van der Waals surface area contributed by atoms with Crippen LogP contribution < -0.4 is 10.1 Å². The van der Waals surface area contributed by atoms with Gasteiger partial charge in [0, 0.05) is 30.9 Å². The Morgan fingerprint density at radius 3 is 2.61 bits per heavy atom. The van der Waals surface area contributed by atoms with Crippen LogP contribution in [0.15, 0.2) is 54.6 Å². The zero-order valence-corrected chi connectivity index (χ0v) is 18.7. The Morgan fingerprint density at radius 1 is 1.15 bits per heavy atom. The van der Waals surface area contributed by atoms with Gasteiger partial charge in [-0.25, -0.2) is 4.79 Å². The molecule has 3 aromatic rings. The van der Waals surface area contributed by atoms with E-state index in [0.29, 0.717) is 30.8 Å². The lowest BCUT2D eigenvalue weighted by Crippen LogP contribution is -2.52. The molecule has 1 fully saturated rings. The number of carbonyl (C=O) groups is 3. The summed E-state index contributed by atoms with van der Waals surface area (Å²) in [5, 5.41) is 13.2. The van der Waals surface area contributed by atoms with Crippen LogP contribution in [0.2, 0.25) is 0 Å². The van der Waals surface area contributed by atoms with Crippen molar-refractivity contribution in [2.45, 2.75) is 31.3 Å². The molecule has 4 rings (SSSR count). The van der Waals surface area contributed by atoms with Crippen molar-refractivity contribution in [3.05, 3.63) is 65.9 Å². The number of hydrogen-bond donors (Lipinski definition) is 2. The number of carbonyl (C=O) groups excluding carboxylic acids is 2. The van der Waals surface area contributed by atoms with Crippen molar-refractivity contribution in [2.75, 3.05) is 13.7 Å². The van der Waals surface area contributed by atoms with Crippen LogP contribution in [0.1, 0.15) is 28.9 Å². The number of nitrogens with zero attached hydrogens (tertiary/aromatic N) is 2. The normalized spacial score (nSPS) is 16.5. The molecule has 8 heteroatoms. The van der Waals surface area contributed by atoms with E-state index in [9.17, 15) is 19.5 Å². The molecule has 2 unspecified atom stereocenters. The van der Waals surface area contributed by atoms with Crippen LogP contribution >= 0.6 is 0 Å². The second-order valence-electron chi connectivity index (χ2n) is 8.26. The first-order chi connectivity index (χ1) is 15.9. The molecule has 0 radical (unpaired) electrons. The Hall–Kier alpha value is -3.81. The van der Waals surface area contributed by atoms with E-state index < -0.39 is 24.0 Å². The van der Waals surface area contributed by atoms with Crippen LogP contribution in [0.5, 0.6) is 5.75 Å². The molecule has 1 aliphatic rings. The molecule has 1 aromatic heterocycles. The van der Waals surface area contributed by atoms with Gasteiger partial charge in [-0.1, -0.05) is 30.3 Å². The third-order valence-corrected chi connectivity index (χ3v) is 6.19. The minimum Gasteiger partial charge on any atom is -0.497 e. The fraction of sp³-hybridized carbons (Fsp3) is 0.320. The van der Waals surface area contributed by atoms with Crippen LogP contribution in [0.4, 0.5) is 0 Å². The van der Waals surface area contributed by atoms with Crippen molar-refractivity contribution in [3.8, 4) is 5.75 Å². The highest BCUT2D eigenvalue weighted by molar-refractivity contribution is 6.01. The highest BCUT2D eigenvalue weighted by atomic mass is 16.5. The Balaban J connectivity index is 1.62. The van der Waals surface area contributed by atoms with E-state index in [1.807, 2.05) is 48.5 Å². The Kier molecular flexibility index (Phi) is 6.35. The average molecular weight is 450 g/mol. The molecule has 1 aliphatic heterocycles. The van der Waals surface area contributed by atoms with E-state index in [4.69, 9.17) is 4.74 Å². The standard InChI is InChI=1S/C25H27N3O5/c1-27-20-11-10-18(33-2)14-17(20)15-22(27)23(29)26-19(13-16-7-4-3-5-8-16)24(30)28-12-6-9-21(28)25(31)32/h3-5,7-8,10-11,14-15,19,21H,6,9,12-13H2,1-2H3,(H,26,29)(H,31,32). The van der Waals surface area contributed by atoms with E-state index in [0.717, 1.165) is 16.5 Å². The highest BCUT2D eigenvalue weighted by Crippen LogP contribution is 2.24. The lowest BCUT2D eigenvalue weighted by molar-refractivity contribution is -0.148. The Morgan fingerprint density at radius 2 is 1.91 bits per heavy atom. The Labute approximate surface area is 191 Å². The zero-order valence-electron chi connectivity index (χ0n) is 18.7. The number of amides is 2. The van der Waals surface area contributed by atoms with Gasteiger partial charge in [-0.3, -0.25) is 9.59 Å². The summed E-state index contributed by atoms with van der Waals surface area (Å²) >= 11 is 0. The lowest BCUT2D eigenvalue weighted by atomic mass is 10.0. The second-order valence-corrected chi connectivity index (χ2v) is 8.26. The van der Waals surface area contributed by atoms with E-state index in [-0.39, 0.29) is 12.3 Å². The summed E-state index contributed by atoms with van der Waals surface area (Å²) in [4.78, 5) is 39.7. The van der Waals surface area contributed by atoms with Gasteiger partial charge in [0.25, 0.3) is 5.91 Å². The summed E-state index contributed by atoms with van der Waals surface area (Å²) in [6.07, 6.45) is 1.31. The maximum absolute atomic E-state index is 13.4. The zero-order chi connectivity index (χ0) is 23.5. The SMILES string of the molecule is COc1ccc2c(c1)cc(C(=O)NC(Cc1ccccc1)C(=O)N1CCCC1C(=O)O)n2C. The number of methoxy groups -OCH3 is 1. The minimum atomic E-state index is -1.02. The van der Waals surface area contributed by atoms with E-state index in [1.54, 1.807) is 24.8 Å². The van der Waals surface area contributed by atoms with Gasteiger partial charge < -0.3 is 24.6 Å². The number of carboxylic acid groups (broad SMARTS) is 1. The van der Waals surface area contributed by atoms with E-state index >= 15 is 0 Å². The summed E-state index contributed by atoms with van der Waals surface area (Å²) in [5.74, 6) is -1.11. The van der Waals surface area contributed by atoms with Crippen molar-refractivity contribution in [1.82, 2.24) is 14.8 Å². The first kappa shape index (κ1) is 22.4. The Bertz CT molecular complexity index is 1190. The van der Waals surface area contributed by atoms with Gasteiger partial charge in [0.1, 0.15) is 23.5 Å². The topological polar surface area (TPSA) is 101 Å². The number of rotatable bonds is 7. The summed E-state index contributed by atoms with van der Waals surface area (Å²) in [5.41, 5.74) is 2.14. The maximum Gasteiger partial charge on any atom is 0.326 e. The molecule has 0 saturated carbocycles. The van der Waals surface area contributed by atoms with Gasteiger partial charge in [0.15, 0.2) is 0 Å². The molecule has 2 N–H and O–H groups in total. The molecule has 2 aromatic carbocycles. The predicted octanol–water partition coefficient (Wildman–Crippen LogP) is 2.60. The van der Waals surface area contributed by atoms with Crippen molar-refractivity contribution in [2.24, 2.45) is 7.05 Å². The van der Waals surface area contributed by atoms with Gasteiger partial charge in [-0.15, -0.1) is 0 Å². The molecule has 172 valence electrons. The quantitative estimate of drug-likeness (QED) is 0.578. The average Bonchev–Trinajstić information content (AvgIpc) is 3.44. The molecule has 1 saturated heterocycles. The smallest absolute Gasteiger partial charge is 0.326 e. The second kappa shape index (κ2) is 9.36. The summed E-state index contributed by atoms with van der Waals surface area (Å²) in [6, 6.07) is 14.9. The summed E-state index contributed by atoms with van der Waals surface area (Å²) in [6.45, 7) is 0.366. The molecular weight excluding hydrogens is 422 g/mol. The number of fused-ring (bicyclic) bond motifs is 1. The van der Waals surface area contributed by atoms with Crippen molar-refractivity contribution < 1.29 is 24.2 Å². The van der Waals surface area contributed by atoms with Gasteiger partial charge in [-0.05, 0) is 42.7 Å². The molecule has 8 nitrogen and oxygen atoms in total.